The molecule has 21 heavy (non-hydrogen) atoms. The number of hydrogen-bond acceptors (Lipinski definition) is 1. The molecule has 114 valence electrons. The zero-order valence-electron chi connectivity index (χ0n) is 13.3. The first-order valence-corrected chi connectivity index (χ1v) is 8.76. The number of amides is 1. The molecular formula is C18H24BrNO. The van der Waals surface area contributed by atoms with Crippen LogP contribution in [0.5, 0.6) is 0 Å². The molecule has 0 heterocycles. The van der Waals surface area contributed by atoms with E-state index in [1.165, 1.54) is 5.56 Å². The monoisotopic (exact) mass is 349 g/mol. The van der Waals surface area contributed by atoms with Crippen LogP contribution in [0, 0.1) is 16.2 Å². The van der Waals surface area contributed by atoms with Crippen LogP contribution in [0.4, 0.5) is 5.69 Å². The molecule has 1 N–H and O–H groups in total. The highest BCUT2D eigenvalue weighted by Crippen LogP contribution is 2.79. The lowest BCUT2D eigenvalue weighted by molar-refractivity contribution is -0.156. The molecule has 3 saturated carbocycles. The van der Waals surface area contributed by atoms with E-state index in [0.717, 1.165) is 24.9 Å². The summed E-state index contributed by atoms with van der Waals surface area (Å²) in [6, 6.07) is 8.11. The molecular weight excluding hydrogens is 326 g/mol. The number of fused-ring (bicyclic) bond motifs is 1. The summed E-state index contributed by atoms with van der Waals surface area (Å²) in [5.74, 6) is 0.185. The lowest BCUT2D eigenvalue weighted by Gasteiger charge is -2.64. The van der Waals surface area contributed by atoms with Crippen molar-refractivity contribution in [1.29, 1.82) is 0 Å². The molecule has 3 unspecified atom stereocenters. The third kappa shape index (κ3) is 1.61. The minimum Gasteiger partial charge on any atom is -0.325 e. The first kappa shape index (κ1) is 15.1. The minimum atomic E-state index is -0.275. The van der Waals surface area contributed by atoms with E-state index < -0.39 is 0 Å². The van der Waals surface area contributed by atoms with Gasteiger partial charge in [-0.2, -0.15) is 0 Å². The van der Waals surface area contributed by atoms with Crippen LogP contribution in [0.2, 0.25) is 0 Å². The maximum absolute atomic E-state index is 13.1. The van der Waals surface area contributed by atoms with Crippen molar-refractivity contribution in [2.45, 2.75) is 51.8 Å². The Morgan fingerprint density at radius 3 is 2.48 bits per heavy atom. The number of benzene rings is 1. The van der Waals surface area contributed by atoms with Gasteiger partial charge >= 0.3 is 0 Å². The average Bonchev–Trinajstić information content (AvgIpc) is 2.87. The van der Waals surface area contributed by atoms with Crippen molar-refractivity contribution in [2.24, 2.45) is 16.2 Å². The second-order valence-corrected chi connectivity index (χ2v) is 8.26. The Morgan fingerprint density at radius 2 is 1.95 bits per heavy atom. The highest BCUT2D eigenvalue weighted by atomic mass is 79.9. The van der Waals surface area contributed by atoms with E-state index >= 15 is 0 Å². The van der Waals surface area contributed by atoms with Crippen LogP contribution in [0.3, 0.4) is 0 Å². The number of hydrogen-bond donors (Lipinski definition) is 1. The quantitative estimate of drug-likeness (QED) is 0.781. The van der Waals surface area contributed by atoms with Gasteiger partial charge < -0.3 is 5.32 Å². The molecule has 0 radical (unpaired) electrons. The fourth-order valence-electron chi connectivity index (χ4n) is 4.64. The van der Waals surface area contributed by atoms with E-state index in [4.69, 9.17) is 0 Å². The van der Waals surface area contributed by atoms with Gasteiger partial charge in [0.25, 0.3) is 0 Å². The van der Waals surface area contributed by atoms with E-state index in [2.05, 4.69) is 55.0 Å². The van der Waals surface area contributed by atoms with Gasteiger partial charge in [0.1, 0.15) is 0 Å². The third-order valence-corrected chi connectivity index (χ3v) is 8.42. The Hall–Kier alpha value is -0.830. The van der Waals surface area contributed by atoms with Crippen molar-refractivity contribution in [3.63, 3.8) is 0 Å². The van der Waals surface area contributed by atoms with Gasteiger partial charge in [0.15, 0.2) is 0 Å². The van der Waals surface area contributed by atoms with E-state index in [-0.39, 0.29) is 27.0 Å². The summed E-state index contributed by atoms with van der Waals surface area (Å²) in [7, 11) is 0. The second-order valence-electron chi connectivity index (χ2n) is 7.34. The van der Waals surface area contributed by atoms with Crippen molar-refractivity contribution >= 4 is 27.5 Å². The molecule has 3 atom stereocenters. The molecule has 0 aromatic heterocycles. The van der Waals surface area contributed by atoms with Crippen molar-refractivity contribution < 1.29 is 4.79 Å². The number of carbonyl (C=O) groups is 1. The molecule has 0 aliphatic heterocycles. The molecule has 0 spiro atoms. The minimum absolute atomic E-state index is 0.0411. The van der Waals surface area contributed by atoms with Crippen LogP contribution >= 0.6 is 15.9 Å². The molecule has 1 aromatic rings. The topological polar surface area (TPSA) is 29.1 Å². The summed E-state index contributed by atoms with van der Waals surface area (Å²) in [5.41, 5.74) is 2.16. The number of anilines is 1. The summed E-state index contributed by atoms with van der Waals surface area (Å²) in [6.45, 7) is 8.94. The largest absolute Gasteiger partial charge is 0.325 e. The smallest absolute Gasteiger partial charge is 0.232 e. The Bertz CT molecular complexity index is 597. The SMILES string of the molecule is CCc1ccccc1NC(=O)C12CCC(C)(C1Br)C2(C)C. The van der Waals surface area contributed by atoms with E-state index in [1.807, 2.05) is 18.2 Å². The van der Waals surface area contributed by atoms with E-state index in [1.54, 1.807) is 0 Å². The molecule has 2 bridgehead atoms. The predicted molar refractivity (Wildman–Crippen MR) is 90.7 cm³/mol. The molecule has 3 fully saturated rings. The lowest BCUT2D eigenvalue weighted by Crippen LogP contribution is -2.68. The lowest BCUT2D eigenvalue weighted by atomic mass is 9.43. The first-order chi connectivity index (χ1) is 9.81. The normalized spacial score (nSPS) is 36.1. The number of alkyl halides is 1. The number of nitrogens with one attached hydrogen (secondary N) is 1. The molecule has 0 saturated heterocycles. The number of rotatable bonds is 3. The third-order valence-electron chi connectivity index (χ3n) is 6.63. The van der Waals surface area contributed by atoms with Crippen molar-refractivity contribution in [3.05, 3.63) is 29.8 Å². The van der Waals surface area contributed by atoms with Crippen LogP contribution in [0.15, 0.2) is 24.3 Å². The van der Waals surface area contributed by atoms with Gasteiger partial charge in [-0.15, -0.1) is 0 Å². The fourth-order valence-corrected chi connectivity index (χ4v) is 6.45. The molecule has 4 rings (SSSR count). The second kappa shape index (κ2) is 4.58. The predicted octanol–water partition coefficient (Wildman–Crippen LogP) is 4.78. The van der Waals surface area contributed by atoms with Crippen LogP contribution in [0.1, 0.15) is 46.1 Å². The molecule has 3 aliphatic carbocycles. The highest BCUT2D eigenvalue weighted by molar-refractivity contribution is 9.09. The summed E-state index contributed by atoms with van der Waals surface area (Å²) in [5, 5.41) is 3.22. The molecule has 1 amide bonds. The first-order valence-electron chi connectivity index (χ1n) is 7.84. The Kier molecular flexibility index (Phi) is 3.29. The highest BCUT2D eigenvalue weighted by Gasteiger charge is 2.80. The van der Waals surface area contributed by atoms with Crippen molar-refractivity contribution in [3.8, 4) is 0 Å². The number of aryl methyl sites for hydroxylation is 1. The number of para-hydroxylation sites is 1. The Morgan fingerprint density at radius 1 is 1.29 bits per heavy atom. The summed E-state index contributed by atoms with van der Waals surface area (Å²) >= 11 is 3.83. The van der Waals surface area contributed by atoms with Gasteiger partial charge in [-0.25, -0.2) is 0 Å². The Labute approximate surface area is 135 Å². The van der Waals surface area contributed by atoms with Gasteiger partial charge in [-0.3, -0.25) is 4.79 Å². The van der Waals surface area contributed by atoms with E-state index in [9.17, 15) is 4.79 Å². The van der Waals surface area contributed by atoms with Gasteiger partial charge in [-0.1, -0.05) is 61.8 Å². The van der Waals surface area contributed by atoms with Crippen LogP contribution in [-0.4, -0.2) is 10.7 Å². The average molecular weight is 350 g/mol. The standard InChI is InChI=1S/C18H24BrNO/c1-5-12-8-6-7-9-13(12)20-15(21)18-11-10-17(4,14(18)19)16(18,2)3/h6-9,14H,5,10-11H2,1-4H3,(H,20,21). The van der Waals surface area contributed by atoms with Gasteiger partial charge in [0.05, 0.1) is 5.41 Å². The van der Waals surface area contributed by atoms with Crippen molar-refractivity contribution in [2.75, 3.05) is 5.32 Å². The summed E-state index contributed by atoms with van der Waals surface area (Å²) in [4.78, 5) is 13.3. The molecule has 3 aliphatic rings. The zero-order chi connectivity index (χ0) is 15.5. The van der Waals surface area contributed by atoms with Gasteiger partial charge in [-0.05, 0) is 41.7 Å². The summed E-state index contributed by atoms with van der Waals surface area (Å²) in [6.07, 6.45) is 3.04. The van der Waals surface area contributed by atoms with Crippen molar-refractivity contribution in [1.82, 2.24) is 0 Å². The van der Waals surface area contributed by atoms with E-state index in [0.29, 0.717) is 0 Å². The van der Waals surface area contributed by atoms with Crippen LogP contribution in [-0.2, 0) is 11.2 Å². The molecule has 3 heteroatoms. The molecule has 1 aromatic carbocycles. The Balaban J connectivity index is 1.90. The van der Waals surface area contributed by atoms with Gasteiger partial charge in [0.2, 0.25) is 5.91 Å². The van der Waals surface area contributed by atoms with Crippen LogP contribution in [0.25, 0.3) is 0 Å². The molecule has 2 nitrogen and oxygen atoms in total. The van der Waals surface area contributed by atoms with Gasteiger partial charge in [0, 0.05) is 10.5 Å². The number of carbonyl (C=O) groups excluding carboxylic acids is 1. The van der Waals surface area contributed by atoms with Crippen LogP contribution < -0.4 is 5.32 Å². The zero-order valence-corrected chi connectivity index (χ0v) is 14.9. The summed E-state index contributed by atoms with van der Waals surface area (Å²) < 4.78 is 0. The maximum atomic E-state index is 13.1. The fraction of sp³-hybridized carbons (Fsp3) is 0.611. The number of halogens is 1. The maximum Gasteiger partial charge on any atom is 0.232 e.